The Morgan fingerprint density at radius 3 is 2.14 bits per heavy atom. The van der Waals surface area contributed by atoms with Crippen LogP contribution in [-0.4, -0.2) is 31.5 Å². The maximum Gasteiger partial charge on any atom is 0.306 e. The molecular weight excluding hydrogens is 472 g/mol. The molecule has 0 aromatic heterocycles. The van der Waals surface area contributed by atoms with Crippen LogP contribution in [0.2, 0.25) is 5.02 Å². The molecule has 0 aliphatic heterocycles. The van der Waals surface area contributed by atoms with Gasteiger partial charge in [-0.1, -0.05) is 23.7 Å². The standard InChI is InChI=1S/C26H25ClN2O6/c1-33-23-6-3-2-5-22(23)29-25(31)17-34-26(32)8-4-7-24(30)28-19-11-15-21(16-12-19)35-20-13-9-18(27)10-14-20/h2-3,5-6,9-16H,4,7-8,17H2,1H3,(H,28,30)(H,29,31). The van der Waals surface area contributed by atoms with Gasteiger partial charge in [0, 0.05) is 23.6 Å². The molecule has 3 rings (SSSR count). The predicted molar refractivity (Wildman–Crippen MR) is 133 cm³/mol. The lowest BCUT2D eigenvalue weighted by Crippen LogP contribution is -2.21. The van der Waals surface area contributed by atoms with Crippen LogP contribution in [0.1, 0.15) is 19.3 Å². The largest absolute Gasteiger partial charge is 0.495 e. The summed E-state index contributed by atoms with van der Waals surface area (Å²) in [4.78, 5) is 36.0. The summed E-state index contributed by atoms with van der Waals surface area (Å²) in [6, 6.07) is 20.8. The summed E-state index contributed by atoms with van der Waals surface area (Å²) in [7, 11) is 1.49. The number of amides is 2. The van der Waals surface area contributed by atoms with Gasteiger partial charge in [-0.25, -0.2) is 0 Å². The summed E-state index contributed by atoms with van der Waals surface area (Å²) in [5.41, 5.74) is 1.09. The summed E-state index contributed by atoms with van der Waals surface area (Å²) in [6.45, 7) is -0.423. The quantitative estimate of drug-likeness (QED) is 0.343. The number of carbonyl (C=O) groups excluding carboxylic acids is 3. The number of hydrogen-bond donors (Lipinski definition) is 2. The van der Waals surface area contributed by atoms with Crippen molar-refractivity contribution in [1.29, 1.82) is 0 Å². The number of esters is 1. The molecule has 3 aromatic carbocycles. The lowest BCUT2D eigenvalue weighted by Gasteiger charge is -2.10. The summed E-state index contributed by atoms with van der Waals surface area (Å²) < 4.78 is 15.8. The van der Waals surface area contributed by atoms with Crippen LogP contribution in [0.25, 0.3) is 0 Å². The van der Waals surface area contributed by atoms with Crippen molar-refractivity contribution in [1.82, 2.24) is 0 Å². The molecule has 0 saturated heterocycles. The Hall–Kier alpha value is -4.04. The average Bonchev–Trinajstić information content (AvgIpc) is 2.86. The van der Waals surface area contributed by atoms with E-state index in [2.05, 4.69) is 10.6 Å². The molecule has 0 aliphatic rings. The van der Waals surface area contributed by atoms with Crippen molar-refractivity contribution in [2.24, 2.45) is 0 Å². The van der Waals surface area contributed by atoms with Gasteiger partial charge in [0.05, 0.1) is 12.8 Å². The van der Waals surface area contributed by atoms with Crippen molar-refractivity contribution in [2.75, 3.05) is 24.4 Å². The van der Waals surface area contributed by atoms with Gasteiger partial charge in [0.15, 0.2) is 6.61 Å². The van der Waals surface area contributed by atoms with Crippen LogP contribution in [-0.2, 0) is 19.1 Å². The third kappa shape index (κ3) is 8.68. The molecule has 0 atom stereocenters. The van der Waals surface area contributed by atoms with Gasteiger partial charge in [0.1, 0.15) is 17.2 Å². The van der Waals surface area contributed by atoms with Crippen LogP contribution >= 0.6 is 11.6 Å². The van der Waals surface area contributed by atoms with Crippen LogP contribution in [0.3, 0.4) is 0 Å². The fraction of sp³-hybridized carbons (Fsp3) is 0.192. The average molecular weight is 497 g/mol. The summed E-state index contributed by atoms with van der Waals surface area (Å²) >= 11 is 5.86. The molecule has 0 spiro atoms. The molecule has 0 unspecified atom stereocenters. The van der Waals surface area contributed by atoms with E-state index in [0.717, 1.165) is 0 Å². The first-order valence-corrected chi connectivity index (χ1v) is 11.2. The highest BCUT2D eigenvalue weighted by Crippen LogP contribution is 2.25. The third-order valence-electron chi connectivity index (χ3n) is 4.72. The minimum Gasteiger partial charge on any atom is -0.495 e. The van der Waals surface area contributed by atoms with E-state index in [1.54, 1.807) is 72.8 Å². The maximum absolute atomic E-state index is 12.1. The maximum atomic E-state index is 12.1. The van der Waals surface area contributed by atoms with E-state index in [0.29, 0.717) is 33.6 Å². The van der Waals surface area contributed by atoms with Crippen LogP contribution in [0.4, 0.5) is 11.4 Å². The summed E-state index contributed by atoms with van der Waals surface area (Å²) in [5, 5.41) is 6.00. The van der Waals surface area contributed by atoms with E-state index in [4.69, 9.17) is 25.8 Å². The number of halogens is 1. The van der Waals surface area contributed by atoms with Gasteiger partial charge >= 0.3 is 5.97 Å². The van der Waals surface area contributed by atoms with E-state index in [9.17, 15) is 14.4 Å². The Morgan fingerprint density at radius 2 is 1.46 bits per heavy atom. The first-order valence-electron chi connectivity index (χ1n) is 10.8. The number of carbonyl (C=O) groups is 3. The molecule has 0 aliphatic carbocycles. The van der Waals surface area contributed by atoms with Crippen molar-refractivity contribution in [3.05, 3.63) is 77.8 Å². The molecule has 2 amide bonds. The van der Waals surface area contributed by atoms with E-state index >= 15 is 0 Å². The Morgan fingerprint density at radius 1 is 0.800 bits per heavy atom. The van der Waals surface area contributed by atoms with Gasteiger partial charge in [0.25, 0.3) is 5.91 Å². The first-order chi connectivity index (χ1) is 16.9. The number of anilines is 2. The SMILES string of the molecule is COc1ccccc1NC(=O)COC(=O)CCCC(=O)Nc1ccc(Oc2ccc(Cl)cc2)cc1. The fourth-order valence-electron chi connectivity index (χ4n) is 3.01. The number of nitrogens with one attached hydrogen (secondary N) is 2. The highest BCUT2D eigenvalue weighted by Gasteiger charge is 2.11. The van der Waals surface area contributed by atoms with Gasteiger partial charge in [-0.05, 0) is 67.1 Å². The van der Waals surface area contributed by atoms with Gasteiger partial charge < -0.3 is 24.8 Å². The molecule has 0 saturated carbocycles. The van der Waals surface area contributed by atoms with Crippen LogP contribution < -0.4 is 20.1 Å². The highest BCUT2D eigenvalue weighted by molar-refractivity contribution is 6.30. The zero-order valence-electron chi connectivity index (χ0n) is 19.1. The minimum atomic E-state index is -0.559. The Kier molecular flexibility index (Phi) is 9.50. The molecular formula is C26H25ClN2O6. The molecule has 3 aromatic rings. The van der Waals surface area contributed by atoms with Crippen molar-refractivity contribution < 1.29 is 28.6 Å². The van der Waals surface area contributed by atoms with Crippen LogP contribution in [0.15, 0.2) is 72.8 Å². The van der Waals surface area contributed by atoms with Gasteiger partial charge in [-0.3, -0.25) is 14.4 Å². The van der Waals surface area contributed by atoms with E-state index in [1.807, 2.05) is 0 Å². The van der Waals surface area contributed by atoms with Gasteiger partial charge in [-0.2, -0.15) is 0 Å². The zero-order chi connectivity index (χ0) is 25.0. The number of ether oxygens (including phenoxy) is 3. The summed E-state index contributed by atoms with van der Waals surface area (Å²) in [6.07, 6.45) is 0.436. The fourth-order valence-corrected chi connectivity index (χ4v) is 3.14. The van der Waals surface area contributed by atoms with E-state index in [1.165, 1.54) is 7.11 Å². The monoisotopic (exact) mass is 496 g/mol. The van der Waals surface area contributed by atoms with E-state index < -0.39 is 18.5 Å². The second kappa shape index (κ2) is 13.0. The number of hydrogen-bond acceptors (Lipinski definition) is 6. The molecule has 8 nitrogen and oxygen atoms in total. The van der Waals surface area contributed by atoms with Crippen molar-refractivity contribution in [2.45, 2.75) is 19.3 Å². The van der Waals surface area contributed by atoms with Crippen molar-refractivity contribution in [3.8, 4) is 17.2 Å². The number of benzene rings is 3. The predicted octanol–water partition coefficient (Wildman–Crippen LogP) is 5.43. The second-order valence-corrected chi connectivity index (χ2v) is 7.83. The smallest absolute Gasteiger partial charge is 0.306 e. The van der Waals surface area contributed by atoms with Crippen molar-refractivity contribution >= 4 is 40.8 Å². The molecule has 0 heterocycles. The highest BCUT2D eigenvalue weighted by atomic mass is 35.5. The third-order valence-corrected chi connectivity index (χ3v) is 4.97. The lowest BCUT2D eigenvalue weighted by atomic mass is 10.2. The summed E-state index contributed by atoms with van der Waals surface area (Å²) in [5.74, 6) is 0.485. The van der Waals surface area contributed by atoms with Crippen molar-refractivity contribution in [3.63, 3.8) is 0 Å². The van der Waals surface area contributed by atoms with Gasteiger partial charge in [-0.15, -0.1) is 0 Å². The molecule has 2 N–H and O–H groups in total. The Balaban J connectivity index is 1.33. The van der Waals surface area contributed by atoms with Crippen LogP contribution in [0.5, 0.6) is 17.2 Å². The molecule has 0 fully saturated rings. The second-order valence-electron chi connectivity index (χ2n) is 7.39. The Bertz CT molecular complexity index is 1150. The lowest BCUT2D eigenvalue weighted by molar-refractivity contribution is -0.147. The molecule has 0 radical (unpaired) electrons. The minimum absolute atomic E-state index is 0.0171. The zero-order valence-corrected chi connectivity index (χ0v) is 19.8. The molecule has 9 heteroatoms. The first kappa shape index (κ1) is 25.6. The number of methoxy groups -OCH3 is 1. The van der Waals surface area contributed by atoms with Gasteiger partial charge in [0.2, 0.25) is 5.91 Å². The normalized spacial score (nSPS) is 10.2. The number of para-hydroxylation sites is 2. The molecule has 0 bridgehead atoms. The number of rotatable bonds is 11. The van der Waals surface area contributed by atoms with E-state index in [-0.39, 0.29) is 25.2 Å². The van der Waals surface area contributed by atoms with Crippen LogP contribution in [0, 0.1) is 0 Å². The Labute approximate surface area is 208 Å². The molecule has 182 valence electrons. The molecule has 35 heavy (non-hydrogen) atoms. The topological polar surface area (TPSA) is 103 Å².